The summed E-state index contributed by atoms with van der Waals surface area (Å²) in [7, 11) is 0. The third-order valence-corrected chi connectivity index (χ3v) is 10.2. The molecule has 4 aliphatic rings. The number of ether oxygens (including phenoxy) is 1. The monoisotopic (exact) mass is 436 g/mol. The maximum absolute atomic E-state index is 12.9. The second-order valence-corrected chi connectivity index (χ2v) is 12.8. The summed E-state index contributed by atoms with van der Waals surface area (Å²) in [6.45, 7) is 12.2. The first-order valence-electron chi connectivity index (χ1n) is 12.6. The summed E-state index contributed by atoms with van der Waals surface area (Å²) in [6, 6.07) is 0. The van der Waals surface area contributed by atoms with E-state index in [0.29, 0.717) is 12.3 Å². The van der Waals surface area contributed by atoms with Gasteiger partial charge >= 0.3 is 5.97 Å². The number of fused-ring (bicyclic) bond motifs is 5. The minimum Gasteiger partial charge on any atom is -0.460 e. The molecule has 3 unspecified atom stereocenters. The predicted octanol–water partition coefficient (Wildman–Crippen LogP) is 3.93. The van der Waals surface area contributed by atoms with Crippen LogP contribution in [0.15, 0.2) is 0 Å². The van der Waals surface area contributed by atoms with Gasteiger partial charge in [0.15, 0.2) is 0 Å². The smallest absolute Gasteiger partial charge is 0.309 e. The average molecular weight is 437 g/mol. The molecule has 11 atom stereocenters. The van der Waals surface area contributed by atoms with Crippen LogP contribution in [0.2, 0.25) is 0 Å². The van der Waals surface area contributed by atoms with Crippen LogP contribution in [0, 0.1) is 46.3 Å². The van der Waals surface area contributed by atoms with Crippen LogP contribution in [0.5, 0.6) is 0 Å². The summed E-state index contributed by atoms with van der Waals surface area (Å²) < 4.78 is 5.70. The Bertz CT molecular complexity index is 700. The van der Waals surface area contributed by atoms with Crippen molar-refractivity contribution < 1.29 is 24.9 Å². The third kappa shape index (κ3) is 3.67. The molecule has 0 aromatic carbocycles. The Labute approximate surface area is 187 Å². The zero-order valence-corrected chi connectivity index (χ0v) is 20.3. The van der Waals surface area contributed by atoms with Crippen LogP contribution >= 0.6 is 0 Å². The minimum atomic E-state index is -0.519. The lowest BCUT2D eigenvalue weighted by Crippen LogP contribution is -2.62. The fraction of sp³-hybridized carbons (Fsp3) is 0.962. The van der Waals surface area contributed by atoms with Crippen molar-refractivity contribution in [2.24, 2.45) is 46.3 Å². The Morgan fingerprint density at radius 2 is 1.68 bits per heavy atom. The quantitative estimate of drug-likeness (QED) is 0.571. The molecule has 0 aromatic heterocycles. The number of hydrogen-bond donors (Lipinski definition) is 3. The van der Waals surface area contributed by atoms with Gasteiger partial charge in [-0.1, -0.05) is 20.8 Å². The minimum absolute atomic E-state index is 0.0641. The highest BCUT2D eigenvalue weighted by Gasteiger charge is 2.66. The average Bonchev–Trinajstić information content (AvgIpc) is 3.00. The first-order chi connectivity index (χ1) is 14.3. The lowest BCUT2D eigenvalue weighted by atomic mass is 9.43. The van der Waals surface area contributed by atoms with E-state index in [0.717, 1.165) is 38.5 Å². The summed E-state index contributed by atoms with van der Waals surface area (Å²) >= 11 is 0. The molecule has 31 heavy (non-hydrogen) atoms. The van der Waals surface area contributed by atoms with Gasteiger partial charge in [-0.2, -0.15) is 0 Å². The molecule has 4 rings (SSSR count). The molecule has 4 aliphatic carbocycles. The van der Waals surface area contributed by atoms with Crippen LogP contribution < -0.4 is 0 Å². The van der Waals surface area contributed by atoms with Gasteiger partial charge in [-0.25, -0.2) is 0 Å². The van der Waals surface area contributed by atoms with E-state index in [2.05, 4.69) is 13.8 Å². The summed E-state index contributed by atoms with van der Waals surface area (Å²) in [5.74, 6) is 0.602. The van der Waals surface area contributed by atoms with E-state index in [1.807, 2.05) is 27.7 Å². The highest BCUT2D eigenvalue weighted by Crippen LogP contribution is 2.68. The van der Waals surface area contributed by atoms with Crippen molar-refractivity contribution >= 4 is 5.97 Å². The van der Waals surface area contributed by atoms with Crippen LogP contribution in [0.25, 0.3) is 0 Å². The van der Waals surface area contributed by atoms with Gasteiger partial charge in [0.1, 0.15) is 5.60 Å². The van der Waals surface area contributed by atoms with Crippen molar-refractivity contribution in [2.75, 3.05) is 0 Å². The molecule has 5 heteroatoms. The van der Waals surface area contributed by atoms with Crippen LogP contribution in [0.1, 0.15) is 86.5 Å². The van der Waals surface area contributed by atoms with Gasteiger partial charge < -0.3 is 20.1 Å². The van der Waals surface area contributed by atoms with E-state index in [1.165, 1.54) is 0 Å². The molecule has 0 aliphatic heterocycles. The van der Waals surface area contributed by atoms with Gasteiger partial charge in [-0.15, -0.1) is 0 Å². The first kappa shape index (κ1) is 23.5. The first-order valence-corrected chi connectivity index (χ1v) is 12.6. The molecule has 178 valence electrons. The summed E-state index contributed by atoms with van der Waals surface area (Å²) in [6.07, 6.45) is 4.73. The number of aliphatic hydroxyl groups is 3. The van der Waals surface area contributed by atoms with Crippen LogP contribution in [0.3, 0.4) is 0 Å². The summed E-state index contributed by atoms with van der Waals surface area (Å²) in [4.78, 5) is 12.9. The van der Waals surface area contributed by atoms with E-state index in [1.54, 1.807) is 0 Å². The second-order valence-electron chi connectivity index (χ2n) is 12.8. The molecule has 0 radical (unpaired) electrons. The van der Waals surface area contributed by atoms with Gasteiger partial charge in [0.05, 0.1) is 24.2 Å². The normalized spacial score (nSPS) is 50.7. The number of rotatable bonds is 2. The topological polar surface area (TPSA) is 87.0 Å². The van der Waals surface area contributed by atoms with Gasteiger partial charge in [-0.3, -0.25) is 4.79 Å². The molecule has 5 nitrogen and oxygen atoms in total. The number of carbonyl (C=O) groups excluding carboxylic acids is 1. The molecule has 0 heterocycles. The van der Waals surface area contributed by atoms with E-state index < -0.39 is 11.7 Å². The van der Waals surface area contributed by atoms with E-state index in [-0.39, 0.29) is 58.6 Å². The van der Waals surface area contributed by atoms with Crippen molar-refractivity contribution in [3.05, 3.63) is 0 Å². The second kappa shape index (κ2) is 7.70. The van der Waals surface area contributed by atoms with Crippen molar-refractivity contribution in [3.63, 3.8) is 0 Å². The molecular formula is C26H44O5. The molecule has 0 bridgehead atoms. The predicted molar refractivity (Wildman–Crippen MR) is 119 cm³/mol. The van der Waals surface area contributed by atoms with E-state index in [9.17, 15) is 20.1 Å². The third-order valence-electron chi connectivity index (χ3n) is 10.2. The Balaban J connectivity index is 1.61. The Kier molecular flexibility index (Phi) is 5.84. The Hall–Kier alpha value is -0.650. The zero-order valence-electron chi connectivity index (χ0n) is 20.3. The highest BCUT2D eigenvalue weighted by molar-refractivity contribution is 5.73. The Morgan fingerprint density at radius 1 is 1.00 bits per heavy atom. The fourth-order valence-electron chi connectivity index (χ4n) is 8.58. The molecular weight excluding hydrogens is 392 g/mol. The summed E-state index contributed by atoms with van der Waals surface area (Å²) in [5, 5.41) is 33.1. The SMILES string of the molecule is CC(C(=O)OC(C)(C)C)[C@H]1CC[C@H]2C3C(C[C@H](O)[C@]12C)[C@@]1(C)CC[C@@H](O)C[C@H]1C[C@H]3O. The number of esters is 1. The molecule has 0 aromatic rings. The fourth-order valence-corrected chi connectivity index (χ4v) is 8.58. The van der Waals surface area contributed by atoms with E-state index in [4.69, 9.17) is 4.74 Å². The van der Waals surface area contributed by atoms with Crippen LogP contribution in [-0.4, -0.2) is 45.2 Å². The molecule has 3 N–H and O–H groups in total. The van der Waals surface area contributed by atoms with Crippen LogP contribution in [0.4, 0.5) is 0 Å². The maximum atomic E-state index is 12.9. The lowest BCUT2D eigenvalue weighted by molar-refractivity contribution is -0.208. The number of aliphatic hydroxyl groups excluding tert-OH is 3. The Morgan fingerprint density at radius 3 is 2.32 bits per heavy atom. The molecule has 0 amide bonds. The lowest BCUT2D eigenvalue weighted by Gasteiger charge is -2.63. The standard InChI is InChI=1S/C26H44O5/c1-14(23(30)31-24(2,3)4)17-7-8-18-22-19(13-21(29)26(17,18)6)25(5)10-9-16(27)11-15(25)12-20(22)28/h14-22,27-29H,7-13H2,1-6H3/t14?,15-,16+,17+,18-,19?,20+,21-,22?,25-,26+/m0/s1. The summed E-state index contributed by atoms with van der Waals surface area (Å²) in [5.41, 5.74) is -0.828. The van der Waals surface area contributed by atoms with Crippen molar-refractivity contribution in [3.8, 4) is 0 Å². The molecule has 4 fully saturated rings. The van der Waals surface area contributed by atoms with E-state index >= 15 is 0 Å². The van der Waals surface area contributed by atoms with Gasteiger partial charge in [0.25, 0.3) is 0 Å². The molecule has 0 spiro atoms. The number of carbonyl (C=O) groups is 1. The van der Waals surface area contributed by atoms with Gasteiger partial charge in [0.2, 0.25) is 0 Å². The van der Waals surface area contributed by atoms with Gasteiger partial charge in [-0.05, 0) is 101 Å². The highest BCUT2D eigenvalue weighted by atomic mass is 16.6. The van der Waals surface area contributed by atoms with Crippen molar-refractivity contribution in [2.45, 2.75) is 110 Å². The molecule has 4 saturated carbocycles. The van der Waals surface area contributed by atoms with Crippen LogP contribution in [-0.2, 0) is 9.53 Å². The number of hydrogen-bond acceptors (Lipinski definition) is 5. The molecule has 0 saturated heterocycles. The van der Waals surface area contributed by atoms with Crippen molar-refractivity contribution in [1.29, 1.82) is 0 Å². The van der Waals surface area contributed by atoms with Gasteiger partial charge in [0, 0.05) is 5.41 Å². The zero-order chi connectivity index (χ0) is 22.9. The van der Waals surface area contributed by atoms with Crippen molar-refractivity contribution in [1.82, 2.24) is 0 Å². The largest absolute Gasteiger partial charge is 0.460 e. The maximum Gasteiger partial charge on any atom is 0.309 e.